The summed E-state index contributed by atoms with van der Waals surface area (Å²) in [7, 11) is 0. The van der Waals surface area contributed by atoms with Crippen molar-refractivity contribution in [1.82, 2.24) is 0 Å². The first-order valence-electron chi connectivity index (χ1n) is 7.83. The van der Waals surface area contributed by atoms with Crippen LogP contribution in [0.2, 0.25) is 0 Å². The van der Waals surface area contributed by atoms with E-state index in [-0.39, 0.29) is 11.9 Å². The third kappa shape index (κ3) is 7.51. The van der Waals surface area contributed by atoms with E-state index in [1.165, 1.54) is 0 Å². The van der Waals surface area contributed by atoms with Gasteiger partial charge in [0.25, 0.3) is 0 Å². The van der Waals surface area contributed by atoms with Crippen molar-refractivity contribution in [2.24, 2.45) is 17.8 Å². The Morgan fingerprint density at radius 3 is 1.90 bits per heavy atom. The van der Waals surface area contributed by atoms with Crippen LogP contribution < -0.4 is 0 Å². The van der Waals surface area contributed by atoms with Crippen molar-refractivity contribution >= 4 is 11.9 Å². The Hall–Kier alpha value is -1.06. The van der Waals surface area contributed by atoms with Gasteiger partial charge in [-0.05, 0) is 18.8 Å². The molecule has 0 aliphatic rings. The first-order valence-corrected chi connectivity index (χ1v) is 7.83. The van der Waals surface area contributed by atoms with Crippen LogP contribution in [0.3, 0.4) is 0 Å². The molecule has 4 nitrogen and oxygen atoms in total. The SMILES string of the molecule is CCCC[C@H](C(=O)O)[C@@H](CCCC)C(=O)OCC(C)C. The minimum Gasteiger partial charge on any atom is -0.481 e. The summed E-state index contributed by atoms with van der Waals surface area (Å²) in [4.78, 5) is 23.6. The van der Waals surface area contributed by atoms with Crippen molar-refractivity contribution in [2.75, 3.05) is 6.61 Å². The number of esters is 1. The standard InChI is InChI=1S/C16H30O4/c1-5-7-9-13(15(17)18)14(10-8-6-2)16(19)20-11-12(3)4/h12-14H,5-11H2,1-4H3,(H,17,18)/t13-,14+/m0/s1. The van der Waals surface area contributed by atoms with E-state index in [0.29, 0.717) is 19.4 Å². The molecule has 0 heterocycles. The summed E-state index contributed by atoms with van der Waals surface area (Å²) in [5.41, 5.74) is 0. The molecular formula is C16H30O4. The summed E-state index contributed by atoms with van der Waals surface area (Å²) in [5.74, 6) is -2.06. The number of hydrogen-bond donors (Lipinski definition) is 1. The summed E-state index contributed by atoms with van der Waals surface area (Å²) >= 11 is 0. The topological polar surface area (TPSA) is 63.6 Å². The van der Waals surface area contributed by atoms with E-state index in [9.17, 15) is 14.7 Å². The van der Waals surface area contributed by atoms with Crippen LogP contribution in [0.4, 0.5) is 0 Å². The van der Waals surface area contributed by atoms with Crippen LogP contribution in [-0.4, -0.2) is 23.7 Å². The van der Waals surface area contributed by atoms with E-state index in [0.717, 1.165) is 25.7 Å². The average molecular weight is 286 g/mol. The summed E-state index contributed by atoms with van der Waals surface area (Å²) in [6.07, 6.45) is 4.74. The van der Waals surface area contributed by atoms with Crippen LogP contribution in [0, 0.1) is 17.8 Å². The van der Waals surface area contributed by atoms with Gasteiger partial charge >= 0.3 is 11.9 Å². The van der Waals surface area contributed by atoms with E-state index in [1.807, 2.05) is 27.7 Å². The Balaban J connectivity index is 4.78. The van der Waals surface area contributed by atoms with Gasteiger partial charge < -0.3 is 9.84 Å². The fraction of sp³-hybridized carbons (Fsp3) is 0.875. The molecule has 0 unspecified atom stereocenters. The second-order valence-corrected chi connectivity index (χ2v) is 5.86. The lowest BCUT2D eigenvalue weighted by Gasteiger charge is -2.23. The number of unbranched alkanes of at least 4 members (excludes halogenated alkanes) is 2. The average Bonchev–Trinajstić information content (AvgIpc) is 2.39. The van der Waals surface area contributed by atoms with Gasteiger partial charge in [0.15, 0.2) is 0 Å². The van der Waals surface area contributed by atoms with Crippen LogP contribution in [0.25, 0.3) is 0 Å². The minimum atomic E-state index is -0.874. The van der Waals surface area contributed by atoms with Crippen LogP contribution in [0.5, 0.6) is 0 Å². The highest BCUT2D eigenvalue weighted by Gasteiger charge is 2.33. The molecule has 0 bridgehead atoms. The van der Waals surface area contributed by atoms with Crippen molar-refractivity contribution in [3.63, 3.8) is 0 Å². The number of ether oxygens (including phenoxy) is 1. The number of rotatable bonds is 11. The summed E-state index contributed by atoms with van der Waals surface area (Å²) < 4.78 is 5.27. The summed E-state index contributed by atoms with van der Waals surface area (Å²) in [5, 5.41) is 9.39. The van der Waals surface area contributed by atoms with E-state index in [1.54, 1.807) is 0 Å². The Morgan fingerprint density at radius 1 is 1.00 bits per heavy atom. The van der Waals surface area contributed by atoms with Gasteiger partial charge in [-0.25, -0.2) is 0 Å². The zero-order valence-electron chi connectivity index (χ0n) is 13.4. The molecule has 20 heavy (non-hydrogen) atoms. The second-order valence-electron chi connectivity index (χ2n) is 5.86. The molecule has 2 atom stereocenters. The summed E-state index contributed by atoms with van der Waals surface area (Å²) in [6.45, 7) is 8.37. The molecule has 1 N–H and O–H groups in total. The van der Waals surface area contributed by atoms with Crippen LogP contribution >= 0.6 is 0 Å². The molecule has 0 aromatic heterocycles. The predicted molar refractivity (Wildman–Crippen MR) is 79.5 cm³/mol. The zero-order valence-corrected chi connectivity index (χ0v) is 13.4. The normalized spacial score (nSPS) is 14.1. The van der Waals surface area contributed by atoms with Gasteiger partial charge in [-0.15, -0.1) is 0 Å². The van der Waals surface area contributed by atoms with Crippen LogP contribution in [0.15, 0.2) is 0 Å². The number of carbonyl (C=O) groups is 2. The van der Waals surface area contributed by atoms with Gasteiger partial charge in [-0.3, -0.25) is 9.59 Å². The third-order valence-corrected chi connectivity index (χ3v) is 3.40. The molecule has 0 aliphatic heterocycles. The molecule has 0 radical (unpaired) electrons. The van der Waals surface area contributed by atoms with Crippen molar-refractivity contribution < 1.29 is 19.4 Å². The fourth-order valence-electron chi connectivity index (χ4n) is 2.18. The highest BCUT2D eigenvalue weighted by atomic mass is 16.5. The molecule has 0 aromatic carbocycles. The fourth-order valence-corrected chi connectivity index (χ4v) is 2.18. The maximum atomic E-state index is 12.2. The van der Waals surface area contributed by atoms with Gasteiger partial charge in [-0.2, -0.15) is 0 Å². The molecule has 0 aliphatic carbocycles. The minimum absolute atomic E-state index is 0.268. The van der Waals surface area contributed by atoms with E-state index in [2.05, 4.69) is 0 Å². The molecule has 0 fully saturated rings. The van der Waals surface area contributed by atoms with Gasteiger partial charge in [0.2, 0.25) is 0 Å². The van der Waals surface area contributed by atoms with Crippen LogP contribution in [-0.2, 0) is 14.3 Å². The van der Waals surface area contributed by atoms with Gasteiger partial charge in [-0.1, -0.05) is 53.4 Å². The van der Waals surface area contributed by atoms with Crippen molar-refractivity contribution in [2.45, 2.75) is 66.2 Å². The highest BCUT2D eigenvalue weighted by molar-refractivity contribution is 5.81. The predicted octanol–water partition coefficient (Wildman–Crippen LogP) is 3.88. The maximum Gasteiger partial charge on any atom is 0.309 e. The Kier molecular flexibility index (Phi) is 10.1. The molecule has 0 saturated heterocycles. The second kappa shape index (κ2) is 10.7. The molecule has 0 spiro atoms. The summed E-state index contributed by atoms with van der Waals surface area (Å²) in [6, 6.07) is 0. The molecule has 0 rings (SSSR count). The Labute approximate surface area is 122 Å². The molecule has 0 saturated carbocycles. The molecular weight excluding hydrogens is 256 g/mol. The number of hydrogen-bond acceptors (Lipinski definition) is 3. The molecule has 118 valence electrons. The lowest BCUT2D eigenvalue weighted by atomic mass is 9.84. The zero-order chi connectivity index (χ0) is 15.5. The Bertz CT molecular complexity index is 286. The number of aliphatic carboxylic acids is 1. The molecule has 4 heteroatoms. The van der Waals surface area contributed by atoms with E-state index < -0.39 is 17.8 Å². The maximum absolute atomic E-state index is 12.2. The smallest absolute Gasteiger partial charge is 0.309 e. The van der Waals surface area contributed by atoms with E-state index in [4.69, 9.17) is 4.74 Å². The van der Waals surface area contributed by atoms with E-state index >= 15 is 0 Å². The molecule has 0 amide bonds. The Morgan fingerprint density at radius 2 is 1.50 bits per heavy atom. The first kappa shape index (κ1) is 18.9. The third-order valence-electron chi connectivity index (χ3n) is 3.40. The number of carboxylic acid groups (broad SMARTS) is 1. The van der Waals surface area contributed by atoms with Crippen molar-refractivity contribution in [3.8, 4) is 0 Å². The van der Waals surface area contributed by atoms with Gasteiger partial charge in [0.1, 0.15) is 0 Å². The lowest BCUT2D eigenvalue weighted by Crippen LogP contribution is -2.32. The monoisotopic (exact) mass is 286 g/mol. The first-order chi connectivity index (χ1) is 9.43. The van der Waals surface area contributed by atoms with Gasteiger partial charge in [0.05, 0.1) is 18.4 Å². The largest absolute Gasteiger partial charge is 0.481 e. The molecule has 0 aromatic rings. The van der Waals surface area contributed by atoms with Crippen molar-refractivity contribution in [1.29, 1.82) is 0 Å². The van der Waals surface area contributed by atoms with Crippen molar-refractivity contribution in [3.05, 3.63) is 0 Å². The van der Waals surface area contributed by atoms with Crippen LogP contribution in [0.1, 0.15) is 66.2 Å². The van der Waals surface area contributed by atoms with Gasteiger partial charge in [0, 0.05) is 0 Å². The highest BCUT2D eigenvalue weighted by Crippen LogP contribution is 2.26. The number of carboxylic acids is 1. The number of carbonyl (C=O) groups excluding carboxylic acids is 1. The lowest BCUT2D eigenvalue weighted by molar-refractivity contribution is -0.159. The quantitative estimate of drug-likeness (QED) is 0.585.